The molecule has 0 spiro atoms. The Labute approximate surface area is 129 Å². The fourth-order valence-corrected chi connectivity index (χ4v) is 2.59. The Morgan fingerprint density at radius 1 is 1.19 bits per heavy atom. The Kier molecular flexibility index (Phi) is 6.82. The second kappa shape index (κ2) is 8.13. The van der Waals surface area contributed by atoms with E-state index in [1.54, 1.807) is 18.0 Å². The van der Waals surface area contributed by atoms with Gasteiger partial charge in [0, 0.05) is 38.3 Å². The number of rotatable bonds is 7. The van der Waals surface area contributed by atoms with Gasteiger partial charge in [-0.25, -0.2) is 4.98 Å². The number of carbonyl (C=O) groups excluding carboxylic acids is 1. The minimum absolute atomic E-state index is 0.0446. The van der Waals surface area contributed by atoms with Crippen LogP contribution in [0.3, 0.4) is 0 Å². The van der Waals surface area contributed by atoms with Crippen molar-refractivity contribution in [3.63, 3.8) is 0 Å². The van der Waals surface area contributed by atoms with Crippen LogP contribution >= 0.6 is 0 Å². The van der Waals surface area contributed by atoms with E-state index in [1.165, 1.54) is 5.56 Å². The molecule has 21 heavy (non-hydrogen) atoms. The van der Waals surface area contributed by atoms with E-state index in [0.717, 1.165) is 18.8 Å². The van der Waals surface area contributed by atoms with Crippen molar-refractivity contribution in [2.45, 2.75) is 60.0 Å². The van der Waals surface area contributed by atoms with Gasteiger partial charge in [-0.2, -0.15) is 0 Å². The molecule has 0 unspecified atom stereocenters. The van der Waals surface area contributed by atoms with E-state index in [-0.39, 0.29) is 5.91 Å². The van der Waals surface area contributed by atoms with Gasteiger partial charge in [0.25, 0.3) is 0 Å². The smallest absolute Gasteiger partial charge is 0.225 e. The van der Waals surface area contributed by atoms with Crippen molar-refractivity contribution >= 4 is 11.7 Å². The molecule has 1 heterocycles. The number of amides is 1. The highest BCUT2D eigenvalue weighted by Crippen LogP contribution is 2.14. The average molecular weight is 291 g/mol. The van der Waals surface area contributed by atoms with Crippen molar-refractivity contribution in [3.8, 4) is 0 Å². The monoisotopic (exact) mass is 291 g/mol. The lowest BCUT2D eigenvalue weighted by Gasteiger charge is -2.32. The molecule has 0 radical (unpaired) electrons. The van der Waals surface area contributed by atoms with Crippen molar-refractivity contribution in [2.24, 2.45) is 0 Å². The highest BCUT2D eigenvalue weighted by molar-refractivity contribution is 5.90. The first-order chi connectivity index (χ1) is 9.86. The Bertz CT molecular complexity index is 449. The topological polar surface area (TPSA) is 36.4 Å². The highest BCUT2D eigenvalue weighted by atomic mass is 16.2. The van der Waals surface area contributed by atoms with E-state index in [0.29, 0.717) is 18.6 Å². The summed E-state index contributed by atoms with van der Waals surface area (Å²) in [6, 6.07) is 4.94. The van der Waals surface area contributed by atoms with Gasteiger partial charge in [0.2, 0.25) is 5.91 Å². The lowest BCUT2D eigenvalue weighted by Crippen LogP contribution is -2.44. The van der Waals surface area contributed by atoms with E-state index >= 15 is 0 Å². The average Bonchev–Trinajstić information content (AvgIpc) is 2.42. The predicted molar refractivity (Wildman–Crippen MR) is 88.6 cm³/mol. The summed E-state index contributed by atoms with van der Waals surface area (Å²) < 4.78 is 0. The number of aromatic nitrogens is 1. The largest absolute Gasteiger partial charge is 0.297 e. The Hall–Kier alpha value is -1.42. The Morgan fingerprint density at radius 2 is 1.81 bits per heavy atom. The quantitative estimate of drug-likeness (QED) is 0.774. The molecule has 0 aromatic carbocycles. The van der Waals surface area contributed by atoms with Gasteiger partial charge >= 0.3 is 0 Å². The van der Waals surface area contributed by atoms with E-state index in [2.05, 4.69) is 44.5 Å². The Balaban J connectivity index is 2.85. The number of anilines is 1. The van der Waals surface area contributed by atoms with Gasteiger partial charge in [0.1, 0.15) is 5.82 Å². The van der Waals surface area contributed by atoms with Gasteiger partial charge in [0.05, 0.1) is 0 Å². The first-order valence-corrected chi connectivity index (χ1v) is 7.85. The highest BCUT2D eigenvalue weighted by Gasteiger charge is 2.18. The van der Waals surface area contributed by atoms with Gasteiger partial charge in [-0.1, -0.05) is 6.92 Å². The SMILES string of the molecule is CCc1ccnc(N(CCN(C(C)C)C(C)C)C(C)=O)c1. The molecule has 0 aliphatic rings. The second-order valence-corrected chi connectivity index (χ2v) is 5.97. The minimum Gasteiger partial charge on any atom is -0.297 e. The molecule has 118 valence electrons. The maximum absolute atomic E-state index is 12.0. The molecule has 0 bridgehead atoms. The number of hydrogen-bond donors (Lipinski definition) is 0. The zero-order valence-corrected chi connectivity index (χ0v) is 14.3. The molecular weight excluding hydrogens is 262 g/mol. The van der Waals surface area contributed by atoms with Crippen molar-refractivity contribution in [1.82, 2.24) is 9.88 Å². The lowest BCUT2D eigenvalue weighted by atomic mass is 10.2. The minimum atomic E-state index is 0.0446. The predicted octanol–water partition coefficient (Wildman–Crippen LogP) is 3.12. The van der Waals surface area contributed by atoms with Crippen LogP contribution in [-0.2, 0) is 11.2 Å². The molecule has 0 saturated carbocycles. The van der Waals surface area contributed by atoms with Crippen LogP contribution in [0.2, 0.25) is 0 Å². The van der Waals surface area contributed by atoms with Gasteiger partial charge in [-0.3, -0.25) is 14.6 Å². The third kappa shape index (κ3) is 5.12. The summed E-state index contributed by atoms with van der Waals surface area (Å²) in [6.07, 6.45) is 2.73. The summed E-state index contributed by atoms with van der Waals surface area (Å²) in [7, 11) is 0. The van der Waals surface area contributed by atoms with Crippen molar-refractivity contribution in [1.29, 1.82) is 0 Å². The molecule has 0 fully saturated rings. The van der Waals surface area contributed by atoms with Gasteiger partial charge in [-0.15, -0.1) is 0 Å². The fraction of sp³-hybridized carbons (Fsp3) is 0.647. The van der Waals surface area contributed by atoms with E-state index < -0.39 is 0 Å². The zero-order valence-electron chi connectivity index (χ0n) is 14.3. The molecule has 1 aromatic heterocycles. The summed E-state index contributed by atoms with van der Waals surface area (Å²) in [5.74, 6) is 0.803. The third-order valence-electron chi connectivity index (χ3n) is 3.78. The van der Waals surface area contributed by atoms with Crippen LogP contribution in [0.5, 0.6) is 0 Å². The molecule has 1 amide bonds. The first-order valence-electron chi connectivity index (χ1n) is 7.85. The molecule has 4 nitrogen and oxygen atoms in total. The number of aryl methyl sites for hydroxylation is 1. The van der Waals surface area contributed by atoms with E-state index in [9.17, 15) is 4.79 Å². The fourth-order valence-electron chi connectivity index (χ4n) is 2.59. The van der Waals surface area contributed by atoms with Crippen LogP contribution in [0.1, 0.15) is 47.1 Å². The number of nitrogens with zero attached hydrogens (tertiary/aromatic N) is 3. The summed E-state index contributed by atoms with van der Waals surface area (Å²) in [5.41, 5.74) is 1.20. The molecule has 0 aliphatic heterocycles. The number of hydrogen-bond acceptors (Lipinski definition) is 3. The van der Waals surface area contributed by atoms with Crippen LogP contribution in [0.25, 0.3) is 0 Å². The van der Waals surface area contributed by atoms with Crippen LogP contribution in [0.4, 0.5) is 5.82 Å². The van der Waals surface area contributed by atoms with Crippen LogP contribution in [-0.4, -0.2) is 41.0 Å². The molecule has 1 aromatic rings. The van der Waals surface area contributed by atoms with Crippen molar-refractivity contribution in [3.05, 3.63) is 23.9 Å². The first kappa shape index (κ1) is 17.6. The summed E-state index contributed by atoms with van der Waals surface area (Å²) in [6.45, 7) is 14.0. The second-order valence-electron chi connectivity index (χ2n) is 5.97. The molecule has 0 N–H and O–H groups in total. The van der Waals surface area contributed by atoms with Crippen LogP contribution in [0, 0.1) is 0 Å². The maximum atomic E-state index is 12.0. The Morgan fingerprint density at radius 3 is 2.29 bits per heavy atom. The molecule has 0 saturated heterocycles. The summed E-state index contributed by atoms with van der Waals surface area (Å²) in [5, 5.41) is 0. The molecule has 0 aliphatic carbocycles. The summed E-state index contributed by atoms with van der Waals surface area (Å²) >= 11 is 0. The number of carbonyl (C=O) groups is 1. The lowest BCUT2D eigenvalue weighted by molar-refractivity contribution is -0.116. The molecular formula is C17H29N3O. The van der Waals surface area contributed by atoms with Gasteiger partial charge in [0.15, 0.2) is 0 Å². The van der Waals surface area contributed by atoms with Crippen LogP contribution in [0.15, 0.2) is 18.3 Å². The number of pyridine rings is 1. The van der Waals surface area contributed by atoms with Gasteiger partial charge < -0.3 is 0 Å². The maximum Gasteiger partial charge on any atom is 0.225 e. The van der Waals surface area contributed by atoms with Crippen molar-refractivity contribution < 1.29 is 4.79 Å². The summed E-state index contributed by atoms with van der Waals surface area (Å²) in [4.78, 5) is 20.5. The normalized spacial score (nSPS) is 11.5. The van der Waals surface area contributed by atoms with E-state index in [1.807, 2.05) is 12.1 Å². The zero-order chi connectivity index (χ0) is 16.0. The molecule has 4 heteroatoms. The van der Waals surface area contributed by atoms with Crippen molar-refractivity contribution in [2.75, 3.05) is 18.0 Å². The van der Waals surface area contributed by atoms with Gasteiger partial charge in [-0.05, 0) is 51.8 Å². The third-order valence-corrected chi connectivity index (χ3v) is 3.78. The standard InChI is InChI=1S/C17H29N3O/c1-7-16-8-9-18-17(12-16)20(15(6)21)11-10-19(13(2)3)14(4)5/h8-9,12-14H,7,10-11H2,1-6H3. The molecule has 1 rings (SSSR count). The van der Waals surface area contributed by atoms with Crippen LogP contribution < -0.4 is 4.90 Å². The molecule has 0 atom stereocenters. The van der Waals surface area contributed by atoms with E-state index in [4.69, 9.17) is 0 Å².